The summed E-state index contributed by atoms with van der Waals surface area (Å²) >= 11 is 0. The molecule has 0 aliphatic carbocycles. The van der Waals surface area contributed by atoms with Gasteiger partial charge in [-0.1, -0.05) is 32.9 Å². The van der Waals surface area contributed by atoms with Crippen LogP contribution >= 0.6 is 0 Å². The molecule has 0 N–H and O–H groups in total. The summed E-state index contributed by atoms with van der Waals surface area (Å²) in [5.41, 5.74) is 3.43. The first kappa shape index (κ1) is 22.0. The molecule has 30 heavy (non-hydrogen) atoms. The number of hydrogen-bond donors (Lipinski definition) is 0. The van der Waals surface area contributed by atoms with E-state index in [0.29, 0.717) is 17.2 Å². The zero-order valence-electron chi connectivity index (χ0n) is 16.8. The van der Waals surface area contributed by atoms with Crippen LogP contribution in [-0.4, -0.2) is 14.8 Å². The first-order valence-electron chi connectivity index (χ1n) is 9.33. The average Bonchev–Trinajstić information content (AvgIpc) is 3.13. The Morgan fingerprint density at radius 3 is 1.93 bits per heavy atom. The molecule has 0 saturated carbocycles. The van der Waals surface area contributed by atoms with Gasteiger partial charge in [0.25, 0.3) is 0 Å². The summed E-state index contributed by atoms with van der Waals surface area (Å²) < 4.78 is 28.7. The molecule has 0 fully saturated rings. The van der Waals surface area contributed by atoms with Gasteiger partial charge in [-0.15, -0.1) is 34.9 Å². The van der Waals surface area contributed by atoms with E-state index in [4.69, 9.17) is 0 Å². The number of aromatic nitrogens is 3. The predicted octanol–water partition coefficient (Wildman–Crippen LogP) is 5.97. The van der Waals surface area contributed by atoms with Crippen molar-refractivity contribution in [2.75, 3.05) is 0 Å². The Morgan fingerprint density at radius 2 is 1.37 bits per heavy atom. The largest absolute Gasteiger partial charge is 0.316 e. The van der Waals surface area contributed by atoms with Gasteiger partial charge in [-0.25, -0.2) is 4.39 Å². The van der Waals surface area contributed by atoms with Crippen LogP contribution in [0, 0.1) is 17.7 Å². The van der Waals surface area contributed by atoms with Gasteiger partial charge in [-0.3, -0.25) is 4.39 Å². The summed E-state index contributed by atoms with van der Waals surface area (Å²) in [6.07, 6.45) is 0. The second-order valence-electron chi connectivity index (χ2n) is 7.91. The van der Waals surface area contributed by atoms with Crippen LogP contribution in [0.25, 0.3) is 28.5 Å². The molecular formula is C24H20F2IrN3-. The Kier molecular flexibility index (Phi) is 6.30. The standard InChI is InChI=1S/C24H20F2N3.Ir/c1-24(2,3)18-8-14-21(15-9-18)29-22(16-4-10-19(25)11-5-16)27-28-23(29)17-6-12-20(26)13-7-17;/h4-6,8-15H,1-3H3;/q-1;. The Hall–Kier alpha value is -2.69. The van der Waals surface area contributed by atoms with Crippen LogP contribution in [-0.2, 0) is 25.5 Å². The van der Waals surface area contributed by atoms with Crippen molar-refractivity contribution >= 4 is 0 Å². The van der Waals surface area contributed by atoms with Gasteiger partial charge in [0.1, 0.15) is 5.82 Å². The minimum absolute atomic E-state index is 0. The second-order valence-corrected chi connectivity index (χ2v) is 7.91. The summed E-state index contributed by atoms with van der Waals surface area (Å²) in [6, 6.07) is 21.4. The van der Waals surface area contributed by atoms with Crippen molar-refractivity contribution in [3.8, 4) is 28.5 Å². The fourth-order valence-electron chi connectivity index (χ4n) is 3.14. The van der Waals surface area contributed by atoms with Crippen molar-refractivity contribution in [1.82, 2.24) is 14.8 Å². The molecule has 3 nitrogen and oxygen atoms in total. The molecule has 4 aromatic rings. The maximum atomic E-state index is 13.4. The molecule has 1 heterocycles. The topological polar surface area (TPSA) is 30.7 Å². The van der Waals surface area contributed by atoms with E-state index in [9.17, 15) is 8.78 Å². The Bertz CT molecular complexity index is 1060. The fraction of sp³-hybridized carbons (Fsp3) is 0.167. The van der Waals surface area contributed by atoms with E-state index in [1.165, 1.54) is 29.8 Å². The van der Waals surface area contributed by atoms with Crippen molar-refractivity contribution in [2.45, 2.75) is 26.2 Å². The smallest absolute Gasteiger partial charge is 0.159 e. The van der Waals surface area contributed by atoms with Crippen LogP contribution in [0.1, 0.15) is 26.3 Å². The fourth-order valence-corrected chi connectivity index (χ4v) is 3.14. The van der Waals surface area contributed by atoms with Gasteiger partial charge in [0.2, 0.25) is 0 Å². The van der Waals surface area contributed by atoms with Crippen molar-refractivity contribution in [3.63, 3.8) is 0 Å². The zero-order valence-corrected chi connectivity index (χ0v) is 19.2. The Balaban J connectivity index is 0.00000256. The maximum Gasteiger partial charge on any atom is 0.159 e. The Morgan fingerprint density at radius 1 is 0.767 bits per heavy atom. The van der Waals surface area contributed by atoms with Gasteiger partial charge in [-0.05, 0) is 47.4 Å². The molecule has 4 rings (SSSR count). The molecule has 0 unspecified atom stereocenters. The van der Waals surface area contributed by atoms with Crippen LogP contribution in [0.3, 0.4) is 0 Å². The molecule has 0 spiro atoms. The Labute approximate surface area is 188 Å². The molecule has 6 heteroatoms. The summed E-state index contributed by atoms with van der Waals surface area (Å²) in [6.45, 7) is 6.47. The van der Waals surface area contributed by atoms with Crippen LogP contribution in [0.4, 0.5) is 8.78 Å². The molecule has 3 aromatic carbocycles. The van der Waals surface area contributed by atoms with Crippen LogP contribution in [0.2, 0.25) is 0 Å². The van der Waals surface area contributed by atoms with Gasteiger partial charge < -0.3 is 4.57 Å². The molecule has 1 radical (unpaired) electrons. The van der Waals surface area contributed by atoms with E-state index in [0.717, 1.165) is 11.3 Å². The van der Waals surface area contributed by atoms with Crippen molar-refractivity contribution in [1.29, 1.82) is 0 Å². The summed E-state index contributed by atoms with van der Waals surface area (Å²) in [7, 11) is 0. The molecule has 0 aliphatic heterocycles. The first-order chi connectivity index (χ1) is 13.8. The third-order valence-corrected chi connectivity index (χ3v) is 4.77. The average molecular weight is 581 g/mol. The summed E-state index contributed by atoms with van der Waals surface area (Å²) in [5.74, 6) is 0.420. The van der Waals surface area contributed by atoms with Gasteiger partial charge in [-0.2, -0.15) is 5.10 Å². The van der Waals surface area contributed by atoms with Crippen LogP contribution in [0.15, 0.2) is 66.7 Å². The molecule has 0 saturated heterocycles. The maximum absolute atomic E-state index is 13.4. The van der Waals surface area contributed by atoms with Crippen LogP contribution < -0.4 is 0 Å². The van der Waals surface area contributed by atoms with Crippen molar-refractivity contribution in [2.24, 2.45) is 0 Å². The van der Waals surface area contributed by atoms with E-state index < -0.39 is 0 Å². The first-order valence-corrected chi connectivity index (χ1v) is 9.33. The monoisotopic (exact) mass is 581 g/mol. The van der Waals surface area contributed by atoms with Gasteiger partial charge in [0.05, 0.1) is 5.82 Å². The third-order valence-electron chi connectivity index (χ3n) is 4.77. The zero-order chi connectivity index (χ0) is 20.6. The molecular weight excluding hydrogens is 560 g/mol. The van der Waals surface area contributed by atoms with Crippen molar-refractivity contribution in [3.05, 3.63) is 90.0 Å². The molecule has 0 aliphatic rings. The van der Waals surface area contributed by atoms with Gasteiger partial charge in [0.15, 0.2) is 5.82 Å². The molecule has 0 atom stereocenters. The van der Waals surface area contributed by atoms with E-state index >= 15 is 0 Å². The number of rotatable bonds is 3. The minimum atomic E-state index is -0.367. The predicted molar refractivity (Wildman–Crippen MR) is 110 cm³/mol. The molecule has 155 valence electrons. The SMILES string of the molecule is CC(C)(C)c1ccc(-n2c(-c3[c-]cc(F)cc3)nnc2-c2ccc(F)cc2)cc1.[Ir]. The van der Waals surface area contributed by atoms with Gasteiger partial charge >= 0.3 is 0 Å². The molecule has 0 amide bonds. The summed E-state index contributed by atoms with van der Waals surface area (Å²) in [4.78, 5) is 0. The van der Waals surface area contributed by atoms with Gasteiger partial charge in [0, 0.05) is 37.2 Å². The number of hydrogen-bond acceptors (Lipinski definition) is 2. The molecule has 1 aromatic heterocycles. The number of nitrogens with zero attached hydrogens (tertiary/aromatic N) is 3. The van der Waals surface area contributed by atoms with E-state index in [-0.39, 0.29) is 37.2 Å². The third kappa shape index (κ3) is 4.40. The molecule has 0 bridgehead atoms. The number of benzene rings is 3. The van der Waals surface area contributed by atoms with E-state index in [1.807, 2.05) is 16.7 Å². The normalized spacial score (nSPS) is 11.2. The quantitative estimate of drug-likeness (QED) is 0.280. The minimum Gasteiger partial charge on any atom is -0.316 e. The number of halogens is 2. The van der Waals surface area contributed by atoms with Crippen molar-refractivity contribution < 1.29 is 28.9 Å². The van der Waals surface area contributed by atoms with E-state index in [1.54, 1.807) is 18.2 Å². The second kappa shape index (κ2) is 8.58. The van der Waals surface area contributed by atoms with E-state index in [2.05, 4.69) is 49.2 Å². The van der Waals surface area contributed by atoms with Crippen LogP contribution in [0.5, 0.6) is 0 Å². The summed E-state index contributed by atoms with van der Waals surface area (Å²) in [5, 5.41) is 8.67.